The zero-order chi connectivity index (χ0) is 19.4. The third-order valence-electron chi connectivity index (χ3n) is 4.19. The number of nitrogens with one attached hydrogen (secondary N) is 1. The van der Waals surface area contributed by atoms with Crippen LogP contribution in [0.15, 0.2) is 40.7 Å². The van der Waals surface area contributed by atoms with Gasteiger partial charge in [-0.1, -0.05) is 6.07 Å². The number of benzene rings is 1. The number of aromatic hydroxyl groups is 1. The molecule has 0 unspecified atom stereocenters. The normalized spacial score (nSPS) is 14.8. The number of carbonyl (C=O) groups is 2. The Kier molecular flexibility index (Phi) is 5.92. The van der Waals surface area contributed by atoms with Gasteiger partial charge in [-0.2, -0.15) is 0 Å². The molecule has 140 valence electrons. The van der Waals surface area contributed by atoms with Crippen LogP contribution in [0.25, 0.3) is 0 Å². The first-order chi connectivity index (χ1) is 12.3. The Morgan fingerprint density at radius 3 is 2.08 bits per heavy atom. The molecule has 0 bridgehead atoms. The van der Waals surface area contributed by atoms with Crippen LogP contribution in [0.2, 0.25) is 0 Å². The standard InChI is InChI=1S/C19H23NO6/c1-6-26-14-9-12(7-8-13(14)21)17-15(18(22)24-4)10(2)20-11(3)16(17)19(23)25-5/h7-9,17,20-21H,6H2,1-5H3. The van der Waals surface area contributed by atoms with E-state index in [0.717, 1.165) is 0 Å². The molecule has 1 aromatic rings. The average molecular weight is 361 g/mol. The van der Waals surface area contributed by atoms with Gasteiger partial charge >= 0.3 is 11.9 Å². The van der Waals surface area contributed by atoms with Gasteiger partial charge in [0.1, 0.15) is 0 Å². The van der Waals surface area contributed by atoms with E-state index in [1.54, 1.807) is 32.9 Å². The molecule has 2 rings (SSSR count). The third kappa shape index (κ3) is 3.51. The lowest BCUT2D eigenvalue weighted by Crippen LogP contribution is -2.32. The molecule has 2 N–H and O–H groups in total. The maximum absolute atomic E-state index is 12.4. The Hall–Kier alpha value is -2.96. The summed E-state index contributed by atoms with van der Waals surface area (Å²) in [6, 6.07) is 4.72. The van der Waals surface area contributed by atoms with Crippen LogP contribution in [0, 0.1) is 0 Å². The van der Waals surface area contributed by atoms with Crippen LogP contribution < -0.4 is 10.1 Å². The monoisotopic (exact) mass is 361 g/mol. The van der Waals surface area contributed by atoms with Gasteiger partial charge in [-0.05, 0) is 38.5 Å². The number of dihydropyridines is 1. The molecule has 0 fully saturated rings. The van der Waals surface area contributed by atoms with Crippen LogP contribution in [0.3, 0.4) is 0 Å². The Morgan fingerprint density at radius 2 is 1.62 bits per heavy atom. The molecule has 0 aromatic heterocycles. The third-order valence-corrected chi connectivity index (χ3v) is 4.19. The van der Waals surface area contributed by atoms with Gasteiger partial charge in [0.2, 0.25) is 0 Å². The van der Waals surface area contributed by atoms with Crippen LogP contribution in [0.5, 0.6) is 11.5 Å². The van der Waals surface area contributed by atoms with Crippen LogP contribution in [0.1, 0.15) is 32.3 Å². The Bertz CT molecular complexity index is 755. The molecule has 26 heavy (non-hydrogen) atoms. The summed E-state index contributed by atoms with van der Waals surface area (Å²) in [6.07, 6.45) is 0. The summed E-state index contributed by atoms with van der Waals surface area (Å²) in [7, 11) is 2.57. The summed E-state index contributed by atoms with van der Waals surface area (Å²) < 4.78 is 15.3. The molecule has 0 atom stereocenters. The van der Waals surface area contributed by atoms with Crippen molar-refractivity contribution >= 4 is 11.9 Å². The highest BCUT2D eigenvalue weighted by Gasteiger charge is 2.37. The van der Waals surface area contributed by atoms with E-state index in [1.807, 2.05) is 0 Å². The number of esters is 2. The quantitative estimate of drug-likeness (QED) is 0.778. The number of hydrogen-bond donors (Lipinski definition) is 2. The van der Waals surface area contributed by atoms with Gasteiger partial charge in [-0.15, -0.1) is 0 Å². The summed E-state index contributed by atoms with van der Waals surface area (Å²) in [5, 5.41) is 13.0. The van der Waals surface area contributed by atoms with Gasteiger partial charge in [0, 0.05) is 11.4 Å². The number of phenolic OH excluding ortho intramolecular Hbond substituents is 1. The zero-order valence-electron chi connectivity index (χ0n) is 15.5. The number of methoxy groups -OCH3 is 2. The molecular weight excluding hydrogens is 338 g/mol. The smallest absolute Gasteiger partial charge is 0.336 e. The molecule has 0 saturated carbocycles. The number of allylic oxidation sites excluding steroid dienone is 2. The largest absolute Gasteiger partial charge is 0.504 e. The minimum absolute atomic E-state index is 0.0230. The molecular formula is C19H23NO6. The van der Waals surface area contributed by atoms with E-state index in [-0.39, 0.29) is 11.5 Å². The molecule has 1 aliphatic heterocycles. The van der Waals surface area contributed by atoms with Crippen molar-refractivity contribution in [3.8, 4) is 11.5 Å². The highest BCUT2D eigenvalue weighted by atomic mass is 16.5. The van der Waals surface area contributed by atoms with Gasteiger partial charge in [0.25, 0.3) is 0 Å². The van der Waals surface area contributed by atoms with E-state index in [0.29, 0.717) is 34.7 Å². The second-order valence-electron chi connectivity index (χ2n) is 5.78. The van der Waals surface area contributed by atoms with Crippen LogP contribution in [-0.4, -0.2) is 37.9 Å². The van der Waals surface area contributed by atoms with E-state index in [1.165, 1.54) is 20.3 Å². The predicted molar refractivity (Wildman–Crippen MR) is 94.6 cm³/mol. The fourth-order valence-electron chi connectivity index (χ4n) is 3.07. The van der Waals surface area contributed by atoms with Crippen molar-refractivity contribution in [2.75, 3.05) is 20.8 Å². The lowest BCUT2D eigenvalue weighted by atomic mass is 9.80. The number of rotatable bonds is 5. The maximum atomic E-state index is 12.4. The van der Waals surface area contributed by atoms with Gasteiger partial charge in [-0.3, -0.25) is 0 Å². The zero-order valence-corrected chi connectivity index (χ0v) is 15.5. The fraction of sp³-hybridized carbons (Fsp3) is 0.368. The summed E-state index contributed by atoms with van der Waals surface area (Å²) in [4.78, 5) is 24.9. The van der Waals surface area contributed by atoms with Gasteiger partial charge in [0.15, 0.2) is 11.5 Å². The predicted octanol–water partition coefficient (Wildman–Crippen LogP) is 2.37. The Labute approximate surface area is 152 Å². The van der Waals surface area contributed by atoms with E-state index in [9.17, 15) is 14.7 Å². The summed E-state index contributed by atoms with van der Waals surface area (Å²) in [5.74, 6) is -1.58. The van der Waals surface area contributed by atoms with Crippen molar-refractivity contribution in [3.63, 3.8) is 0 Å². The van der Waals surface area contributed by atoms with Crippen molar-refractivity contribution in [3.05, 3.63) is 46.3 Å². The first-order valence-corrected chi connectivity index (χ1v) is 8.16. The summed E-state index contributed by atoms with van der Waals surface area (Å²) >= 11 is 0. The van der Waals surface area contributed by atoms with Gasteiger partial charge in [-0.25, -0.2) is 9.59 Å². The lowest BCUT2D eigenvalue weighted by Gasteiger charge is -2.30. The SMILES string of the molecule is CCOc1cc(C2C(C(=O)OC)=C(C)NC(C)=C2C(=O)OC)ccc1O. The van der Waals surface area contributed by atoms with Crippen LogP contribution in [0.4, 0.5) is 0 Å². The topological polar surface area (TPSA) is 94.1 Å². The van der Waals surface area contributed by atoms with Crippen molar-refractivity contribution in [1.82, 2.24) is 5.32 Å². The van der Waals surface area contributed by atoms with Crippen molar-refractivity contribution < 1.29 is 28.9 Å². The minimum Gasteiger partial charge on any atom is -0.504 e. The molecule has 0 aliphatic carbocycles. The van der Waals surface area contributed by atoms with E-state index < -0.39 is 17.9 Å². The number of ether oxygens (including phenoxy) is 3. The van der Waals surface area contributed by atoms with Crippen molar-refractivity contribution in [2.24, 2.45) is 0 Å². The van der Waals surface area contributed by atoms with E-state index in [4.69, 9.17) is 14.2 Å². The van der Waals surface area contributed by atoms with E-state index >= 15 is 0 Å². The number of phenols is 1. The first-order valence-electron chi connectivity index (χ1n) is 8.16. The highest BCUT2D eigenvalue weighted by molar-refractivity contribution is 5.99. The summed E-state index contributed by atoms with van der Waals surface area (Å²) in [5.41, 5.74) is 2.36. The minimum atomic E-state index is -0.712. The summed E-state index contributed by atoms with van der Waals surface area (Å²) in [6.45, 7) is 5.63. The van der Waals surface area contributed by atoms with Crippen molar-refractivity contribution in [2.45, 2.75) is 26.7 Å². The first kappa shape index (κ1) is 19.4. The molecule has 0 spiro atoms. The average Bonchev–Trinajstić information content (AvgIpc) is 2.62. The van der Waals surface area contributed by atoms with Gasteiger partial charge < -0.3 is 24.6 Å². The van der Waals surface area contributed by atoms with Crippen LogP contribution in [-0.2, 0) is 19.1 Å². The molecule has 1 aliphatic rings. The second kappa shape index (κ2) is 7.95. The van der Waals surface area contributed by atoms with Crippen LogP contribution >= 0.6 is 0 Å². The van der Waals surface area contributed by atoms with Gasteiger partial charge in [0.05, 0.1) is 37.9 Å². The lowest BCUT2D eigenvalue weighted by molar-refractivity contribution is -0.137. The second-order valence-corrected chi connectivity index (χ2v) is 5.78. The highest BCUT2D eigenvalue weighted by Crippen LogP contribution is 2.41. The number of carbonyl (C=O) groups excluding carboxylic acids is 2. The maximum Gasteiger partial charge on any atom is 0.336 e. The molecule has 0 amide bonds. The number of hydrogen-bond acceptors (Lipinski definition) is 7. The Balaban J connectivity index is 2.70. The Morgan fingerprint density at radius 1 is 1.08 bits per heavy atom. The fourth-order valence-corrected chi connectivity index (χ4v) is 3.07. The van der Waals surface area contributed by atoms with E-state index in [2.05, 4.69) is 5.32 Å². The molecule has 0 radical (unpaired) electrons. The van der Waals surface area contributed by atoms with Crippen molar-refractivity contribution in [1.29, 1.82) is 0 Å². The molecule has 7 nitrogen and oxygen atoms in total. The molecule has 1 heterocycles. The molecule has 7 heteroatoms. The molecule has 1 aromatic carbocycles. The molecule has 0 saturated heterocycles.